The van der Waals surface area contributed by atoms with Gasteiger partial charge in [0.25, 0.3) is 5.69 Å². The Kier molecular flexibility index (Phi) is 5.80. The minimum absolute atomic E-state index is 0.00211. The zero-order valence-corrected chi connectivity index (χ0v) is 16.7. The molecule has 4 rings (SSSR count). The molecule has 0 spiro atoms. The van der Waals surface area contributed by atoms with Gasteiger partial charge in [0.2, 0.25) is 0 Å². The number of hydrogen-bond acceptors (Lipinski definition) is 8. The number of carbonyl (C=O) groups is 1. The van der Waals surface area contributed by atoms with Gasteiger partial charge in [0.1, 0.15) is 11.3 Å². The number of amides is 1. The van der Waals surface area contributed by atoms with Crippen molar-refractivity contribution in [1.29, 1.82) is 0 Å². The third kappa shape index (κ3) is 4.48. The van der Waals surface area contributed by atoms with Crippen molar-refractivity contribution < 1.29 is 23.6 Å². The van der Waals surface area contributed by atoms with Crippen molar-refractivity contribution in [3.05, 3.63) is 63.9 Å². The smallest absolute Gasteiger partial charge is 0.307 e. The van der Waals surface area contributed by atoms with E-state index in [9.17, 15) is 14.9 Å². The topological polar surface area (TPSA) is 119 Å². The Morgan fingerprint density at radius 3 is 2.77 bits per heavy atom. The third-order valence-electron chi connectivity index (χ3n) is 4.90. The molecule has 160 valence electrons. The van der Waals surface area contributed by atoms with Crippen molar-refractivity contribution in [2.45, 2.75) is 0 Å². The molecule has 1 saturated heterocycles. The van der Waals surface area contributed by atoms with Gasteiger partial charge in [0, 0.05) is 47.9 Å². The number of anilines is 1. The van der Waals surface area contributed by atoms with Gasteiger partial charge in [-0.05, 0) is 24.3 Å². The zero-order valence-electron chi connectivity index (χ0n) is 16.7. The molecule has 1 aliphatic heterocycles. The van der Waals surface area contributed by atoms with E-state index in [1.165, 1.54) is 30.5 Å². The van der Waals surface area contributed by atoms with E-state index in [0.29, 0.717) is 35.5 Å². The molecule has 1 amide bonds. The lowest BCUT2D eigenvalue weighted by Gasteiger charge is -2.29. The van der Waals surface area contributed by atoms with Gasteiger partial charge < -0.3 is 18.8 Å². The van der Waals surface area contributed by atoms with Crippen LogP contribution in [-0.2, 0) is 4.74 Å². The number of nitro benzene ring substituents is 1. The number of methoxy groups -OCH3 is 1. The van der Waals surface area contributed by atoms with Crippen LogP contribution in [0.15, 0.2) is 52.0 Å². The maximum atomic E-state index is 12.3. The third-order valence-corrected chi connectivity index (χ3v) is 4.90. The van der Waals surface area contributed by atoms with E-state index in [4.69, 9.17) is 13.9 Å². The summed E-state index contributed by atoms with van der Waals surface area (Å²) in [4.78, 5) is 24.9. The molecule has 0 aliphatic carbocycles. The summed E-state index contributed by atoms with van der Waals surface area (Å²) in [5, 5.41) is 15.3. The van der Waals surface area contributed by atoms with Crippen molar-refractivity contribution in [3.8, 4) is 5.75 Å². The SMILES string of the molecule is COc1cc(N2CCOCC2)ccc1/C=N\NC(=O)c1cc2cc([N+](=O)[O-])ccc2o1. The summed E-state index contributed by atoms with van der Waals surface area (Å²) >= 11 is 0. The fourth-order valence-corrected chi connectivity index (χ4v) is 3.30. The first-order valence-electron chi connectivity index (χ1n) is 9.57. The van der Waals surface area contributed by atoms with Crippen LogP contribution in [0.5, 0.6) is 5.75 Å². The maximum Gasteiger partial charge on any atom is 0.307 e. The van der Waals surface area contributed by atoms with Crippen LogP contribution in [0.3, 0.4) is 0 Å². The van der Waals surface area contributed by atoms with Gasteiger partial charge in [0.05, 0.1) is 31.5 Å². The van der Waals surface area contributed by atoms with E-state index in [0.717, 1.165) is 18.8 Å². The number of morpholine rings is 1. The van der Waals surface area contributed by atoms with E-state index < -0.39 is 10.8 Å². The molecule has 0 saturated carbocycles. The Balaban J connectivity index is 1.45. The molecule has 1 N–H and O–H groups in total. The molecule has 10 nitrogen and oxygen atoms in total. The molecule has 1 aromatic heterocycles. The van der Waals surface area contributed by atoms with Gasteiger partial charge in [-0.3, -0.25) is 14.9 Å². The number of nitrogens with zero attached hydrogens (tertiary/aromatic N) is 3. The Labute approximate surface area is 177 Å². The minimum atomic E-state index is -0.570. The molecular weight excluding hydrogens is 404 g/mol. The van der Waals surface area contributed by atoms with E-state index in [1.807, 2.05) is 18.2 Å². The first-order valence-corrected chi connectivity index (χ1v) is 9.57. The van der Waals surface area contributed by atoms with Crippen LogP contribution >= 0.6 is 0 Å². The van der Waals surface area contributed by atoms with Crippen LogP contribution in [-0.4, -0.2) is 50.5 Å². The average Bonchev–Trinajstić information content (AvgIpc) is 3.23. The van der Waals surface area contributed by atoms with Gasteiger partial charge in [-0.2, -0.15) is 5.10 Å². The fraction of sp³-hybridized carbons (Fsp3) is 0.238. The lowest BCUT2D eigenvalue weighted by molar-refractivity contribution is -0.384. The molecule has 0 atom stereocenters. The monoisotopic (exact) mass is 424 g/mol. The van der Waals surface area contributed by atoms with E-state index in [2.05, 4.69) is 15.4 Å². The zero-order chi connectivity index (χ0) is 21.8. The quantitative estimate of drug-likeness (QED) is 0.367. The molecular formula is C21H20N4O6. The number of ether oxygens (including phenoxy) is 2. The molecule has 0 bridgehead atoms. The number of benzene rings is 2. The van der Waals surface area contributed by atoms with Gasteiger partial charge >= 0.3 is 5.91 Å². The van der Waals surface area contributed by atoms with Crippen molar-refractivity contribution in [2.24, 2.45) is 5.10 Å². The van der Waals surface area contributed by atoms with Crippen molar-refractivity contribution in [2.75, 3.05) is 38.3 Å². The van der Waals surface area contributed by atoms with E-state index in [-0.39, 0.29) is 11.4 Å². The number of furan rings is 1. The second-order valence-electron chi connectivity index (χ2n) is 6.81. The lowest BCUT2D eigenvalue weighted by atomic mass is 10.1. The minimum Gasteiger partial charge on any atom is -0.496 e. The van der Waals surface area contributed by atoms with Crippen LogP contribution < -0.4 is 15.1 Å². The highest BCUT2D eigenvalue weighted by molar-refractivity contribution is 5.97. The molecule has 1 aliphatic rings. The normalized spacial score (nSPS) is 14.2. The molecule has 2 aromatic carbocycles. The second-order valence-corrected chi connectivity index (χ2v) is 6.81. The first-order chi connectivity index (χ1) is 15.0. The number of carbonyl (C=O) groups excluding carboxylic acids is 1. The number of hydrazone groups is 1. The number of nitro groups is 1. The Morgan fingerprint density at radius 1 is 1.23 bits per heavy atom. The number of non-ortho nitro benzene ring substituents is 1. The summed E-state index contributed by atoms with van der Waals surface area (Å²) in [7, 11) is 1.57. The Morgan fingerprint density at radius 2 is 2.03 bits per heavy atom. The van der Waals surface area contributed by atoms with Crippen LogP contribution in [0, 0.1) is 10.1 Å². The Hall–Kier alpha value is -3.92. The number of fused-ring (bicyclic) bond motifs is 1. The van der Waals surface area contributed by atoms with Crippen molar-refractivity contribution in [3.63, 3.8) is 0 Å². The van der Waals surface area contributed by atoms with Gasteiger partial charge in [-0.1, -0.05) is 0 Å². The number of nitrogens with one attached hydrogen (secondary N) is 1. The molecule has 31 heavy (non-hydrogen) atoms. The summed E-state index contributed by atoms with van der Waals surface area (Å²) in [6.07, 6.45) is 1.48. The highest BCUT2D eigenvalue weighted by Crippen LogP contribution is 2.26. The van der Waals surface area contributed by atoms with Crippen LogP contribution in [0.25, 0.3) is 11.0 Å². The van der Waals surface area contributed by atoms with Crippen LogP contribution in [0.1, 0.15) is 16.1 Å². The summed E-state index contributed by atoms with van der Waals surface area (Å²) < 4.78 is 16.3. The summed E-state index contributed by atoms with van der Waals surface area (Å²) in [6.45, 7) is 3.00. The van der Waals surface area contributed by atoms with Crippen LogP contribution in [0.2, 0.25) is 0 Å². The van der Waals surface area contributed by atoms with E-state index in [1.54, 1.807) is 7.11 Å². The Bertz CT molecular complexity index is 1150. The molecule has 0 radical (unpaired) electrons. The summed E-state index contributed by atoms with van der Waals surface area (Å²) in [5.74, 6) is 0.0549. The molecule has 1 fully saturated rings. The fourth-order valence-electron chi connectivity index (χ4n) is 3.30. The number of rotatable bonds is 6. The van der Waals surface area contributed by atoms with Gasteiger partial charge in [-0.25, -0.2) is 5.43 Å². The van der Waals surface area contributed by atoms with E-state index >= 15 is 0 Å². The maximum absolute atomic E-state index is 12.3. The van der Waals surface area contributed by atoms with Crippen LogP contribution in [0.4, 0.5) is 11.4 Å². The standard InChI is InChI=1S/C21H20N4O6/c1-29-19-12-16(24-6-8-30-9-7-24)3-2-14(19)13-22-23-21(26)20-11-15-10-17(25(27)28)4-5-18(15)31-20/h2-5,10-13H,6-9H2,1H3,(H,23,26)/b22-13-. The summed E-state index contributed by atoms with van der Waals surface area (Å²) in [5.41, 5.74) is 4.41. The largest absolute Gasteiger partial charge is 0.496 e. The lowest BCUT2D eigenvalue weighted by Crippen LogP contribution is -2.36. The van der Waals surface area contributed by atoms with Crippen molar-refractivity contribution >= 4 is 34.5 Å². The molecule has 0 unspecified atom stereocenters. The second kappa shape index (κ2) is 8.84. The highest BCUT2D eigenvalue weighted by atomic mass is 16.6. The predicted molar refractivity (Wildman–Crippen MR) is 114 cm³/mol. The molecule has 3 aromatic rings. The highest BCUT2D eigenvalue weighted by Gasteiger charge is 2.15. The van der Waals surface area contributed by atoms with Gasteiger partial charge in [0.15, 0.2) is 5.76 Å². The number of hydrogen-bond donors (Lipinski definition) is 1. The van der Waals surface area contributed by atoms with Gasteiger partial charge in [-0.15, -0.1) is 0 Å². The first kappa shape index (κ1) is 20.4. The molecule has 10 heteroatoms. The molecule has 2 heterocycles. The average molecular weight is 424 g/mol. The predicted octanol–water partition coefficient (Wildman–Crippen LogP) is 2.95. The van der Waals surface area contributed by atoms with Crippen molar-refractivity contribution in [1.82, 2.24) is 5.43 Å². The summed E-state index contributed by atoms with van der Waals surface area (Å²) in [6, 6.07) is 11.3.